The lowest BCUT2D eigenvalue weighted by Crippen LogP contribution is -3.19. The van der Waals surface area contributed by atoms with Crippen LogP contribution in [0.25, 0.3) is 0 Å². The molecule has 1 atom stereocenters. The van der Waals surface area contributed by atoms with Crippen LogP contribution in [0.15, 0.2) is 41.3 Å². The minimum Gasteiger partial charge on any atom is -0.495 e. The van der Waals surface area contributed by atoms with Crippen molar-refractivity contribution in [3.05, 3.63) is 41.4 Å². The summed E-state index contributed by atoms with van der Waals surface area (Å²) in [5.41, 5.74) is 0.316. The van der Waals surface area contributed by atoms with Gasteiger partial charge in [-0.25, -0.2) is 13.3 Å². The van der Waals surface area contributed by atoms with Crippen molar-refractivity contribution in [2.45, 2.75) is 17.4 Å². The van der Waals surface area contributed by atoms with Gasteiger partial charge in [0, 0.05) is 11.1 Å². The number of sulfonamides is 1. The molecular weight excluding hydrogens is 498 g/mol. The van der Waals surface area contributed by atoms with Crippen molar-refractivity contribution in [1.29, 1.82) is 0 Å². The summed E-state index contributed by atoms with van der Waals surface area (Å²) >= 11 is 6.09. The van der Waals surface area contributed by atoms with Gasteiger partial charge in [-0.1, -0.05) is 11.6 Å². The molecular formula is C23H25ClN3O7S+. The zero-order chi connectivity index (χ0) is 24.7. The summed E-state index contributed by atoms with van der Waals surface area (Å²) in [7, 11) is -2.28. The van der Waals surface area contributed by atoms with Crippen LogP contribution in [-0.2, 0) is 19.6 Å². The monoisotopic (exact) mass is 522 g/mol. The molecule has 0 aliphatic carbocycles. The second-order valence-electron chi connectivity index (χ2n) is 8.51. The molecule has 35 heavy (non-hydrogen) atoms. The van der Waals surface area contributed by atoms with E-state index in [1.54, 1.807) is 18.2 Å². The fraction of sp³-hybridized carbons (Fsp3) is 0.391. The molecule has 186 valence electrons. The first-order valence-electron chi connectivity index (χ1n) is 11.2. The summed E-state index contributed by atoms with van der Waals surface area (Å²) < 4.78 is 44.2. The number of carbonyl (C=O) groups excluding carboxylic acids is 2. The number of piperazine rings is 1. The van der Waals surface area contributed by atoms with Crippen LogP contribution in [0.2, 0.25) is 5.02 Å². The molecule has 2 aromatic carbocycles. The van der Waals surface area contributed by atoms with Crippen LogP contribution in [0, 0.1) is 0 Å². The van der Waals surface area contributed by atoms with Gasteiger partial charge in [0.25, 0.3) is 5.91 Å². The van der Waals surface area contributed by atoms with E-state index in [0.29, 0.717) is 54.3 Å². The number of rotatable bonds is 5. The van der Waals surface area contributed by atoms with Crippen molar-refractivity contribution in [3.8, 4) is 17.2 Å². The molecule has 1 N–H and O–H groups in total. The molecule has 0 bridgehead atoms. The van der Waals surface area contributed by atoms with Crippen molar-refractivity contribution >= 4 is 39.1 Å². The van der Waals surface area contributed by atoms with Gasteiger partial charge in [0.1, 0.15) is 19.0 Å². The summed E-state index contributed by atoms with van der Waals surface area (Å²) in [6.07, 6.45) is 0.0404. The minimum atomic E-state index is -3.74. The number of hydrogen-bond donors (Lipinski definition) is 1. The SMILES string of the molecule is COc1ccc(Cl)cc1N1C(=O)C[C@@H]([NH+]2CCN(S(=O)(=O)c3ccc4c(c3)OCCO4)CC2)C1=O. The van der Waals surface area contributed by atoms with Crippen LogP contribution in [0.5, 0.6) is 17.2 Å². The predicted octanol–water partition coefficient (Wildman–Crippen LogP) is 0.341. The number of quaternary nitrogens is 1. The largest absolute Gasteiger partial charge is 0.495 e. The number of imide groups is 1. The van der Waals surface area contributed by atoms with Crippen molar-refractivity contribution in [2.24, 2.45) is 0 Å². The molecule has 0 radical (unpaired) electrons. The van der Waals surface area contributed by atoms with Crippen molar-refractivity contribution < 1.29 is 37.1 Å². The van der Waals surface area contributed by atoms with Gasteiger partial charge in [-0.05, 0) is 30.3 Å². The van der Waals surface area contributed by atoms with E-state index in [1.165, 1.54) is 29.6 Å². The second-order valence-corrected chi connectivity index (χ2v) is 10.9. The number of nitrogens with zero attached hydrogens (tertiary/aromatic N) is 2. The fourth-order valence-electron chi connectivity index (χ4n) is 4.74. The molecule has 0 unspecified atom stereocenters. The van der Waals surface area contributed by atoms with E-state index in [2.05, 4.69) is 0 Å². The van der Waals surface area contributed by atoms with Gasteiger partial charge in [0.05, 0.1) is 50.3 Å². The lowest BCUT2D eigenvalue weighted by atomic mass is 10.2. The van der Waals surface area contributed by atoms with Crippen molar-refractivity contribution in [3.63, 3.8) is 0 Å². The number of ether oxygens (including phenoxy) is 3. The maximum absolute atomic E-state index is 13.3. The summed E-state index contributed by atoms with van der Waals surface area (Å²) in [4.78, 5) is 28.2. The third-order valence-corrected chi connectivity index (χ3v) is 8.67. The van der Waals surface area contributed by atoms with Crippen LogP contribution in [0.3, 0.4) is 0 Å². The number of amides is 2. The van der Waals surface area contributed by atoms with E-state index in [0.717, 1.165) is 9.80 Å². The van der Waals surface area contributed by atoms with Crippen LogP contribution in [0.4, 0.5) is 5.69 Å². The highest BCUT2D eigenvalue weighted by molar-refractivity contribution is 7.89. The molecule has 0 spiro atoms. The second kappa shape index (κ2) is 9.30. The van der Waals surface area contributed by atoms with Crippen molar-refractivity contribution in [2.75, 3.05) is 51.4 Å². The Morgan fingerprint density at radius 3 is 2.46 bits per heavy atom. The number of carbonyl (C=O) groups is 2. The Morgan fingerprint density at radius 2 is 1.74 bits per heavy atom. The van der Waals surface area contributed by atoms with Crippen LogP contribution >= 0.6 is 11.6 Å². The fourth-order valence-corrected chi connectivity index (χ4v) is 6.36. The quantitative estimate of drug-likeness (QED) is 0.564. The van der Waals surface area contributed by atoms with Gasteiger partial charge in [0.15, 0.2) is 17.5 Å². The Labute approximate surface area is 207 Å². The van der Waals surface area contributed by atoms with E-state index in [-0.39, 0.29) is 36.2 Å². The zero-order valence-electron chi connectivity index (χ0n) is 19.0. The van der Waals surface area contributed by atoms with E-state index in [4.69, 9.17) is 25.8 Å². The molecule has 3 heterocycles. The number of methoxy groups -OCH3 is 1. The molecule has 2 amide bonds. The first-order valence-corrected chi connectivity index (χ1v) is 13.1. The Bertz CT molecular complexity index is 1280. The molecule has 3 aliphatic rings. The molecule has 5 rings (SSSR count). The number of anilines is 1. The number of halogens is 1. The molecule has 12 heteroatoms. The van der Waals surface area contributed by atoms with Gasteiger partial charge in [-0.2, -0.15) is 4.31 Å². The number of fused-ring (bicyclic) bond motifs is 1. The lowest BCUT2D eigenvalue weighted by Gasteiger charge is -2.33. The average molecular weight is 523 g/mol. The Hall–Kier alpha value is -2.86. The van der Waals surface area contributed by atoms with E-state index in [9.17, 15) is 18.0 Å². The maximum atomic E-state index is 13.3. The Balaban J connectivity index is 1.29. The summed E-state index contributed by atoms with van der Waals surface area (Å²) in [5, 5.41) is 0.384. The van der Waals surface area contributed by atoms with E-state index < -0.39 is 16.1 Å². The Kier molecular flexibility index (Phi) is 6.34. The molecule has 3 aliphatic heterocycles. The van der Waals surface area contributed by atoms with E-state index in [1.807, 2.05) is 0 Å². The summed E-state index contributed by atoms with van der Waals surface area (Å²) in [6, 6.07) is 8.77. The number of nitrogens with one attached hydrogen (secondary N) is 1. The summed E-state index contributed by atoms with van der Waals surface area (Å²) in [5.74, 6) is 0.637. The lowest BCUT2D eigenvalue weighted by molar-refractivity contribution is -0.918. The molecule has 2 saturated heterocycles. The number of benzene rings is 2. The first-order chi connectivity index (χ1) is 16.8. The molecule has 10 nitrogen and oxygen atoms in total. The maximum Gasteiger partial charge on any atom is 0.292 e. The van der Waals surface area contributed by atoms with Gasteiger partial charge >= 0.3 is 0 Å². The minimum absolute atomic E-state index is 0.0404. The van der Waals surface area contributed by atoms with Gasteiger partial charge in [-0.15, -0.1) is 0 Å². The smallest absolute Gasteiger partial charge is 0.292 e. The molecule has 2 fully saturated rings. The third kappa shape index (κ3) is 4.33. The van der Waals surface area contributed by atoms with Gasteiger partial charge in [-0.3, -0.25) is 9.59 Å². The average Bonchev–Trinajstić information content (AvgIpc) is 3.17. The molecule has 2 aromatic rings. The van der Waals surface area contributed by atoms with Crippen LogP contribution in [-0.4, -0.2) is 77.1 Å². The normalized spacial score (nSPS) is 21.4. The van der Waals surface area contributed by atoms with Gasteiger partial charge < -0.3 is 19.1 Å². The predicted molar refractivity (Wildman–Crippen MR) is 126 cm³/mol. The highest BCUT2D eigenvalue weighted by atomic mass is 35.5. The summed E-state index contributed by atoms with van der Waals surface area (Å²) in [6.45, 7) is 2.04. The zero-order valence-corrected chi connectivity index (χ0v) is 20.6. The first kappa shape index (κ1) is 23.9. The Morgan fingerprint density at radius 1 is 1.03 bits per heavy atom. The number of hydrogen-bond acceptors (Lipinski definition) is 7. The van der Waals surface area contributed by atoms with Gasteiger partial charge in [0.2, 0.25) is 15.9 Å². The van der Waals surface area contributed by atoms with Crippen molar-refractivity contribution in [1.82, 2.24) is 4.31 Å². The highest BCUT2D eigenvalue weighted by Crippen LogP contribution is 2.35. The molecule has 0 saturated carbocycles. The van der Waals surface area contributed by atoms with E-state index >= 15 is 0 Å². The van der Waals surface area contributed by atoms with Crippen LogP contribution in [0.1, 0.15) is 6.42 Å². The topological polar surface area (TPSA) is 107 Å². The standard InChI is InChI=1S/C23H24ClN3O7S/c1-32-19-4-2-15(24)12-17(19)27-22(28)14-18(23(27)29)25-6-8-26(9-7-25)35(30,31)16-3-5-20-21(13-16)34-11-10-33-20/h2-5,12-13,18H,6-11,14H2,1H3/p+1/t18-/m1/s1. The third-order valence-electron chi connectivity index (χ3n) is 6.54. The van der Waals surface area contributed by atoms with Crippen LogP contribution < -0.4 is 24.0 Å². The molecule has 0 aromatic heterocycles. The highest BCUT2D eigenvalue weighted by Gasteiger charge is 2.48.